The Morgan fingerprint density at radius 1 is 1.41 bits per heavy atom. The number of piperidine rings is 1. The summed E-state index contributed by atoms with van der Waals surface area (Å²) < 4.78 is 5.39. The molecule has 0 saturated carbocycles. The molecular weight excluding hydrogens is 304 g/mol. The van der Waals surface area contributed by atoms with E-state index >= 15 is 0 Å². The van der Waals surface area contributed by atoms with Crippen LogP contribution in [0.2, 0.25) is 5.15 Å². The Hall–Kier alpha value is -1.33. The second-order valence-corrected chi connectivity index (χ2v) is 7.14. The van der Waals surface area contributed by atoms with Crippen LogP contribution in [0.5, 0.6) is 0 Å². The SMILES string of the molecule is CC(C)(C)OC(=O)N1CCC(CO)(c2cccc(Cl)n2)CC1. The Kier molecular flexibility index (Phi) is 4.97. The summed E-state index contributed by atoms with van der Waals surface area (Å²) in [5.74, 6) is 0. The minimum absolute atomic E-state index is 0.0114. The lowest BCUT2D eigenvalue weighted by Crippen LogP contribution is -2.48. The number of aliphatic hydroxyl groups is 1. The largest absolute Gasteiger partial charge is 0.444 e. The molecule has 122 valence electrons. The van der Waals surface area contributed by atoms with Gasteiger partial charge in [-0.2, -0.15) is 0 Å². The summed E-state index contributed by atoms with van der Waals surface area (Å²) in [5.41, 5.74) is -0.160. The molecule has 0 radical (unpaired) electrons. The quantitative estimate of drug-likeness (QED) is 0.849. The fourth-order valence-electron chi connectivity index (χ4n) is 2.64. The molecule has 0 aromatic carbocycles. The number of likely N-dealkylation sites (tertiary alicyclic amines) is 1. The fourth-order valence-corrected chi connectivity index (χ4v) is 2.81. The summed E-state index contributed by atoms with van der Waals surface area (Å²) in [5, 5.41) is 10.3. The standard InChI is InChI=1S/C16H23ClN2O3/c1-15(2,3)22-14(21)19-9-7-16(11-20,8-10-19)12-5-4-6-13(17)18-12/h4-6,20H,7-11H2,1-3H3. The molecule has 1 N–H and O–H groups in total. The first-order valence-corrected chi connectivity index (χ1v) is 7.85. The van der Waals surface area contributed by atoms with Gasteiger partial charge in [-0.1, -0.05) is 17.7 Å². The van der Waals surface area contributed by atoms with Gasteiger partial charge in [-0.25, -0.2) is 9.78 Å². The van der Waals surface area contributed by atoms with Gasteiger partial charge in [0, 0.05) is 18.5 Å². The topological polar surface area (TPSA) is 62.7 Å². The first-order valence-electron chi connectivity index (χ1n) is 7.48. The number of rotatable bonds is 2. The Balaban J connectivity index is 2.07. The van der Waals surface area contributed by atoms with Gasteiger partial charge in [-0.15, -0.1) is 0 Å². The third-order valence-electron chi connectivity index (χ3n) is 3.93. The number of carbonyl (C=O) groups is 1. The van der Waals surface area contributed by atoms with Crippen molar-refractivity contribution in [3.05, 3.63) is 29.0 Å². The van der Waals surface area contributed by atoms with Crippen LogP contribution in [-0.2, 0) is 10.2 Å². The Bertz CT molecular complexity index is 534. The summed E-state index contributed by atoms with van der Waals surface area (Å²) in [6.45, 7) is 6.60. The first-order chi connectivity index (χ1) is 10.3. The van der Waals surface area contributed by atoms with Gasteiger partial charge in [0.25, 0.3) is 0 Å². The Morgan fingerprint density at radius 3 is 2.55 bits per heavy atom. The third-order valence-corrected chi connectivity index (χ3v) is 4.14. The predicted octanol–water partition coefficient (Wildman–Crippen LogP) is 3.00. The highest BCUT2D eigenvalue weighted by atomic mass is 35.5. The molecule has 0 spiro atoms. The normalized spacial score (nSPS) is 18.1. The lowest BCUT2D eigenvalue weighted by Gasteiger charge is -2.40. The van der Waals surface area contributed by atoms with Crippen molar-refractivity contribution in [2.45, 2.75) is 44.6 Å². The van der Waals surface area contributed by atoms with Crippen molar-refractivity contribution in [2.75, 3.05) is 19.7 Å². The number of aliphatic hydroxyl groups excluding tert-OH is 1. The van der Waals surface area contributed by atoms with E-state index in [1.54, 1.807) is 11.0 Å². The number of carbonyl (C=O) groups excluding carboxylic acids is 1. The molecule has 2 heterocycles. The second-order valence-electron chi connectivity index (χ2n) is 6.75. The molecule has 2 rings (SSSR count). The van der Waals surface area contributed by atoms with Crippen LogP contribution in [0.1, 0.15) is 39.3 Å². The molecule has 1 aliphatic rings. The Labute approximate surface area is 136 Å². The van der Waals surface area contributed by atoms with Crippen LogP contribution in [0.15, 0.2) is 18.2 Å². The van der Waals surface area contributed by atoms with Crippen LogP contribution < -0.4 is 0 Å². The third kappa shape index (κ3) is 3.90. The van der Waals surface area contributed by atoms with Crippen molar-refractivity contribution < 1.29 is 14.6 Å². The predicted molar refractivity (Wildman–Crippen MR) is 85.1 cm³/mol. The zero-order valence-electron chi connectivity index (χ0n) is 13.3. The lowest BCUT2D eigenvalue weighted by molar-refractivity contribution is 0.0119. The van der Waals surface area contributed by atoms with E-state index in [2.05, 4.69) is 4.98 Å². The summed E-state index contributed by atoms with van der Waals surface area (Å²) in [6.07, 6.45) is 0.963. The van der Waals surface area contributed by atoms with Crippen LogP contribution >= 0.6 is 11.6 Å². The number of hydrogen-bond donors (Lipinski definition) is 1. The van der Waals surface area contributed by atoms with E-state index in [0.717, 1.165) is 5.69 Å². The maximum Gasteiger partial charge on any atom is 0.410 e. The van der Waals surface area contributed by atoms with Crippen molar-refractivity contribution in [2.24, 2.45) is 0 Å². The van der Waals surface area contributed by atoms with Gasteiger partial charge in [-0.3, -0.25) is 0 Å². The average Bonchev–Trinajstić information content (AvgIpc) is 2.45. The zero-order valence-corrected chi connectivity index (χ0v) is 14.1. The second kappa shape index (κ2) is 6.42. The molecular formula is C16H23ClN2O3. The van der Waals surface area contributed by atoms with E-state index in [-0.39, 0.29) is 12.7 Å². The number of nitrogens with zero attached hydrogens (tertiary/aromatic N) is 2. The van der Waals surface area contributed by atoms with Gasteiger partial charge in [0.15, 0.2) is 0 Å². The van der Waals surface area contributed by atoms with Crippen molar-refractivity contribution in [3.8, 4) is 0 Å². The highest BCUT2D eigenvalue weighted by Crippen LogP contribution is 2.35. The number of halogens is 1. The Morgan fingerprint density at radius 2 is 2.05 bits per heavy atom. The number of amides is 1. The van der Waals surface area contributed by atoms with E-state index in [9.17, 15) is 9.90 Å². The van der Waals surface area contributed by atoms with Gasteiger partial charge in [-0.05, 0) is 45.7 Å². The molecule has 1 saturated heterocycles. The number of aromatic nitrogens is 1. The van der Waals surface area contributed by atoms with Crippen molar-refractivity contribution in [1.82, 2.24) is 9.88 Å². The lowest BCUT2D eigenvalue weighted by atomic mass is 9.76. The van der Waals surface area contributed by atoms with Crippen LogP contribution in [0, 0.1) is 0 Å². The monoisotopic (exact) mass is 326 g/mol. The van der Waals surface area contributed by atoms with Gasteiger partial charge in [0.05, 0.1) is 12.3 Å². The summed E-state index contributed by atoms with van der Waals surface area (Å²) in [4.78, 5) is 18.1. The van der Waals surface area contributed by atoms with Gasteiger partial charge in [0.1, 0.15) is 10.8 Å². The van der Waals surface area contributed by atoms with Gasteiger partial charge in [0.2, 0.25) is 0 Å². The highest BCUT2D eigenvalue weighted by Gasteiger charge is 2.39. The summed E-state index contributed by atoms with van der Waals surface area (Å²) in [7, 11) is 0. The molecule has 1 aromatic rings. The van der Waals surface area contributed by atoms with E-state index in [4.69, 9.17) is 16.3 Å². The fraction of sp³-hybridized carbons (Fsp3) is 0.625. The van der Waals surface area contributed by atoms with Crippen LogP contribution in [0.4, 0.5) is 4.79 Å². The van der Waals surface area contributed by atoms with E-state index in [1.165, 1.54) is 0 Å². The molecule has 22 heavy (non-hydrogen) atoms. The van der Waals surface area contributed by atoms with Crippen molar-refractivity contribution in [1.29, 1.82) is 0 Å². The van der Waals surface area contributed by atoms with E-state index in [0.29, 0.717) is 31.1 Å². The van der Waals surface area contributed by atoms with Crippen LogP contribution in [-0.4, -0.2) is 46.4 Å². The molecule has 0 unspecified atom stereocenters. The van der Waals surface area contributed by atoms with E-state index in [1.807, 2.05) is 32.9 Å². The van der Waals surface area contributed by atoms with Crippen molar-refractivity contribution in [3.63, 3.8) is 0 Å². The van der Waals surface area contributed by atoms with Gasteiger partial charge < -0.3 is 14.7 Å². The highest BCUT2D eigenvalue weighted by molar-refractivity contribution is 6.29. The first kappa shape index (κ1) is 17.0. The maximum absolute atomic E-state index is 12.1. The maximum atomic E-state index is 12.1. The molecule has 5 nitrogen and oxygen atoms in total. The molecule has 6 heteroatoms. The zero-order chi connectivity index (χ0) is 16.4. The molecule has 1 fully saturated rings. The summed E-state index contributed by atoms with van der Waals surface area (Å²) >= 11 is 5.96. The molecule has 1 amide bonds. The molecule has 0 bridgehead atoms. The minimum atomic E-state index is -0.503. The summed E-state index contributed by atoms with van der Waals surface area (Å²) in [6, 6.07) is 5.43. The van der Waals surface area contributed by atoms with E-state index < -0.39 is 11.0 Å². The van der Waals surface area contributed by atoms with Gasteiger partial charge >= 0.3 is 6.09 Å². The average molecular weight is 327 g/mol. The molecule has 1 aromatic heterocycles. The molecule has 0 atom stereocenters. The van der Waals surface area contributed by atoms with Crippen LogP contribution in [0.25, 0.3) is 0 Å². The molecule has 0 aliphatic carbocycles. The number of ether oxygens (including phenoxy) is 1. The van der Waals surface area contributed by atoms with Crippen molar-refractivity contribution >= 4 is 17.7 Å². The number of hydrogen-bond acceptors (Lipinski definition) is 4. The smallest absolute Gasteiger partial charge is 0.410 e. The molecule has 1 aliphatic heterocycles. The van der Waals surface area contributed by atoms with Crippen LogP contribution in [0.3, 0.4) is 0 Å². The number of pyridine rings is 1. The minimum Gasteiger partial charge on any atom is -0.444 e.